The topological polar surface area (TPSA) is 106 Å². The number of ether oxygens (including phenoxy) is 1. The lowest BCUT2D eigenvalue weighted by atomic mass is 9.81. The molecule has 0 spiro atoms. The van der Waals surface area contributed by atoms with Gasteiger partial charge in [-0.25, -0.2) is 4.68 Å². The van der Waals surface area contributed by atoms with Crippen molar-refractivity contribution in [3.05, 3.63) is 47.8 Å². The number of carbonyl (C=O) groups is 3. The minimum absolute atomic E-state index is 0.0384. The molecular weight excluding hydrogens is 491 g/mol. The first-order valence-corrected chi connectivity index (χ1v) is 12.4. The third-order valence-corrected chi connectivity index (χ3v) is 6.73. The van der Waals surface area contributed by atoms with E-state index in [0.717, 1.165) is 10.9 Å². The highest BCUT2D eigenvalue weighted by Crippen LogP contribution is 2.32. The molecule has 12 heteroatoms. The highest BCUT2D eigenvalue weighted by atomic mass is 19.4. The molecule has 0 unspecified atom stereocenters. The summed E-state index contributed by atoms with van der Waals surface area (Å²) in [7, 11) is 0. The first-order chi connectivity index (χ1) is 17.7. The fourth-order valence-electron chi connectivity index (χ4n) is 4.71. The predicted molar refractivity (Wildman–Crippen MR) is 127 cm³/mol. The number of nitrogens with zero attached hydrogens (tertiary/aromatic N) is 3. The van der Waals surface area contributed by atoms with Crippen LogP contribution in [0.5, 0.6) is 0 Å². The molecule has 1 aliphatic carbocycles. The Morgan fingerprint density at radius 3 is 2.22 bits per heavy atom. The van der Waals surface area contributed by atoms with E-state index in [9.17, 15) is 27.6 Å². The van der Waals surface area contributed by atoms with E-state index >= 15 is 0 Å². The molecule has 2 fully saturated rings. The lowest BCUT2D eigenvalue weighted by Gasteiger charge is -2.33. The van der Waals surface area contributed by atoms with Gasteiger partial charge < -0.3 is 20.3 Å². The summed E-state index contributed by atoms with van der Waals surface area (Å²) in [5, 5.41) is 8.73. The molecule has 1 aromatic heterocycles. The Hall–Kier alpha value is -3.41. The van der Waals surface area contributed by atoms with Crippen LogP contribution in [0.15, 0.2) is 36.5 Å². The van der Waals surface area contributed by atoms with E-state index in [2.05, 4.69) is 15.7 Å². The number of amides is 3. The summed E-state index contributed by atoms with van der Waals surface area (Å²) >= 11 is 0. The molecule has 4 rings (SSSR count). The Bertz CT molecular complexity index is 1090. The molecule has 200 valence electrons. The Labute approximate surface area is 212 Å². The van der Waals surface area contributed by atoms with Crippen LogP contribution >= 0.6 is 0 Å². The molecule has 0 bridgehead atoms. The van der Waals surface area contributed by atoms with Gasteiger partial charge in [0.15, 0.2) is 5.69 Å². The second kappa shape index (κ2) is 11.8. The summed E-state index contributed by atoms with van der Waals surface area (Å²) in [6.45, 7) is 2.33. The normalized spacial score (nSPS) is 20.4. The smallest absolute Gasteiger partial charge is 0.378 e. The summed E-state index contributed by atoms with van der Waals surface area (Å²) in [4.78, 5) is 39.5. The van der Waals surface area contributed by atoms with E-state index in [1.807, 2.05) is 4.90 Å². The van der Waals surface area contributed by atoms with Crippen LogP contribution in [0.3, 0.4) is 0 Å². The van der Waals surface area contributed by atoms with Gasteiger partial charge in [-0.1, -0.05) is 18.2 Å². The monoisotopic (exact) mass is 521 g/mol. The van der Waals surface area contributed by atoms with E-state index in [0.29, 0.717) is 57.7 Å². The van der Waals surface area contributed by atoms with Crippen molar-refractivity contribution in [2.75, 3.05) is 39.4 Å². The molecule has 0 atom stereocenters. The number of rotatable bonds is 7. The van der Waals surface area contributed by atoms with Crippen molar-refractivity contribution in [3.63, 3.8) is 0 Å². The third kappa shape index (κ3) is 6.68. The minimum atomic E-state index is -4.80. The van der Waals surface area contributed by atoms with Crippen molar-refractivity contribution in [1.29, 1.82) is 0 Å². The largest absolute Gasteiger partial charge is 0.435 e. The van der Waals surface area contributed by atoms with Gasteiger partial charge in [-0.05, 0) is 37.8 Å². The van der Waals surface area contributed by atoms with Gasteiger partial charge in [-0.2, -0.15) is 18.3 Å². The van der Waals surface area contributed by atoms with Gasteiger partial charge >= 0.3 is 6.18 Å². The van der Waals surface area contributed by atoms with E-state index in [1.165, 1.54) is 0 Å². The summed E-state index contributed by atoms with van der Waals surface area (Å²) in [5.74, 6) is -1.30. The van der Waals surface area contributed by atoms with Crippen molar-refractivity contribution < 1.29 is 32.3 Å². The molecule has 0 radical (unpaired) electrons. The molecule has 3 amide bonds. The van der Waals surface area contributed by atoms with Crippen molar-refractivity contribution in [3.8, 4) is 5.69 Å². The molecule has 1 aromatic carbocycles. The number of alkyl halides is 3. The minimum Gasteiger partial charge on any atom is -0.378 e. The van der Waals surface area contributed by atoms with Crippen LogP contribution in [0.1, 0.15) is 41.7 Å². The standard InChI is InChI=1S/C25H30F3N5O4/c26-25(27,28)21-20(16-33(31-21)19-4-2-1-3-5-19)23(35)30-11-10-29-22(34)17-6-8-18(9-7-17)24(36)32-12-14-37-15-13-32/h1-5,16-18H,6-15H2,(H,29,34)(H,30,35). The molecule has 1 aliphatic heterocycles. The highest BCUT2D eigenvalue weighted by Gasteiger charge is 2.39. The molecule has 2 aromatic rings. The second-order valence-corrected chi connectivity index (χ2v) is 9.20. The Kier molecular flexibility index (Phi) is 8.47. The SMILES string of the molecule is O=C(NCCNC(=O)C1CCC(C(=O)N2CCOCC2)CC1)c1cn(-c2ccccc2)nc1C(F)(F)F. The molecule has 1 saturated heterocycles. The highest BCUT2D eigenvalue weighted by molar-refractivity contribution is 5.95. The van der Waals surface area contributed by atoms with Crippen LogP contribution < -0.4 is 10.6 Å². The van der Waals surface area contributed by atoms with Crippen LogP contribution in [0, 0.1) is 11.8 Å². The number of para-hydroxylation sites is 1. The van der Waals surface area contributed by atoms with Crippen LogP contribution in [0.4, 0.5) is 13.2 Å². The number of halogens is 3. The third-order valence-electron chi connectivity index (χ3n) is 6.73. The lowest BCUT2D eigenvalue weighted by Crippen LogP contribution is -2.45. The number of nitrogens with one attached hydrogen (secondary N) is 2. The second-order valence-electron chi connectivity index (χ2n) is 9.20. The summed E-state index contributed by atoms with van der Waals surface area (Å²) in [5.41, 5.74) is -1.48. The zero-order valence-corrected chi connectivity index (χ0v) is 20.3. The van der Waals surface area contributed by atoms with E-state index in [4.69, 9.17) is 4.74 Å². The summed E-state index contributed by atoms with van der Waals surface area (Å²) < 4.78 is 46.7. The number of benzene rings is 1. The van der Waals surface area contributed by atoms with Crippen LogP contribution in [-0.2, 0) is 20.5 Å². The number of hydrogen-bond acceptors (Lipinski definition) is 5. The molecule has 37 heavy (non-hydrogen) atoms. The zero-order chi connectivity index (χ0) is 26.4. The first-order valence-electron chi connectivity index (χ1n) is 12.4. The quantitative estimate of drug-likeness (QED) is 0.545. The van der Waals surface area contributed by atoms with E-state index in [-0.39, 0.29) is 36.7 Å². The maximum Gasteiger partial charge on any atom is 0.435 e. The fraction of sp³-hybridized carbons (Fsp3) is 0.520. The van der Waals surface area contributed by atoms with Gasteiger partial charge in [0.25, 0.3) is 5.91 Å². The molecule has 2 aliphatic rings. The van der Waals surface area contributed by atoms with Crippen LogP contribution in [-0.4, -0.2) is 71.8 Å². The van der Waals surface area contributed by atoms with Gasteiger partial charge in [-0.15, -0.1) is 0 Å². The van der Waals surface area contributed by atoms with E-state index < -0.39 is 23.3 Å². The Balaban J connectivity index is 1.23. The van der Waals surface area contributed by atoms with Gasteiger partial charge in [-0.3, -0.25) is 14.4 Å². The molecule has 9 nitrogen and oxygen atoms in total. The van der Waals surface area contributed by atoms with Crippen molar-refractivity contribution in [1.82, 2.24) is 25.3 Å². The van der Waals surface area contributed by atoms with Gasteiger partial charge in [0.1, 0.15) is 0 Å². The van der Waals surface area contributed by atoms with E-state index in [1.54, 1.807) is 30.3 Å². The maximum absolute atomic E-state index is 13.5. The molecular formula is C25H30F3N5O4. The number of carbonyl (C=O) groups excluding carboxylic acids is 3. The summed E-state index contributed by atoms with van der Waals surface area (Å²) in [6.07, 6.45) is -1.31. The van der Waals surface area contributed by atoms with Gasteiger partial charge in [0, 0.05) is 44.2 Å². The first kappa shape index (κ1) is 26.6. The van der Waals surface area contributed by atoms with Crippen LogP contribution in [0.25, 0.3) is 5.69 Å². The Morgan fingerprint density at radius 2 is 1.57 bits per heavy atom. The molecule has 1 saturated carbocycles. The number of hydrogen-bond donors (Lipinski definition) is 2. The van der Waals surface area contributed by atoms with Crippen LogP contribution in [0.2, 0.25) is 0 Å². The molecule has 2 N–H and O–H groups in total. The number of morpholine rings is 1. The summed E-state index contributed by atoms with van der Waals surface area (Å²) in [6, 6.07) is 8.19. The lowest BCUT2D eigenvalue weighted by molar-refractivity contribution is -0.142. The predicted octanol–water partition coefficient (Wildman–Crippen LogP) is 2.40. The van der Waals surface area contributed by atoms with Crippen molar-refractivity contribution in [2.45, 2.75) is 31.9 Å². The zero-order valence-electron chi connectivity index (χ0n) is 20.3. The number of aromatic nitrogens is 2. The van der Waals surface area contributed by atoms with Crippen molar-refractivity contribution in [2.24, 2.45) is 11.8 Å². The van der Waals surface area contributed by atoms with Gasteiger partial charge in [0.2, 0.25) is 11.8 Å². The molecule has 2 heterocycles. The Morgan fingerprint density at radius 1 is 0.946 bits per heavy atom. The average Bonchev–Trinajstić information content (AvgIpc) is 3.38. The fourth-order valence-corrected chi connectivity index (χ4v) is 4.71. The average molecular weight is 522 g/mol. The van der Waals surface area contributed by atoms with Gasteiger partial charge in [0.05, 0.1) is 24.5 Å². The van der Waals surface area contributed by atoms with Crippen molar-refractivity contribution >= 4 is 17.7 Å². The maximum atomic E-state index is 13.5.